The number of fused-ring (bicyclic) bond motifs is 3. The monoisotopic (exact) mass is 395 g/mol. The van der Waals surface area contributed by atoms with Gasteiger partial charge in [-0.2, -0.15) is 4.98 Å². The molecule has 0 unspecified atom stereocenters. The lowest BCUT2D eigenvalue weighted by Crippen LogP contribution is -2.40. The van der Waals surface area contributed by atoms with Crippen LogP contribution >= 0.6 is 0 Å². The topological polar surface area (TPSA) is 92.5 Å². The van der Waals surface area contributed by atoms with Gasteiger partial charge in [-0.25, -0.2) is 4.79 Å². The zero-order valence-corrected chi connectivity index (χ0v) is 16.7. The third-order valence-electron chi connectivity index (χ3n) is 4.81. The van der Waals surface area contributed by atoms with E-state index in [1.54, 1.807) is 17.6 Å². The Balaban J connectivity index is 2.01. The van der Waals surface area contributed by atoms with Gasteiger partial charge < -0.3 is 4.74 Å². The fraction of sp³-hybridized carbons (Fsp3) is 0.300. The smallest absolute Gasteiger partial charge is 0.332 e. The summed E-state index contributed by atoms with van der Waals surface area (Å²) >= 11 is 0. The van der Waals surface area contributed by atoms with Gasteiger partial charge in [0.1, 0.15) is 11.5 Å². The van der Waals surface area contributed by atoms with Crippen molar-refractivity contribution in [3.63, 3.8) is 0 Å². The molecule has 0 atom stereocenters. The van der Waals surface area contributed by atoms with Crippen molar-refractivity contribution in [2.24, 2.45) is 7.05 Å². The molecule has 9 nitrogen and oxygen atoms in total. The van der Waals surface area contributed by atoms with Crippen molar-refractivity contribution >= 4 is 22.7 Å². The molecule has 0 saturated heterocycles. The predicted octanol–water partition coefficient (Wildman–Crippen LogP) is 1.43. The quantitative estimate of drug-likeness (QED) is 0.510. The highest BCUT2D eigenvalue weighted by atomic mass is 16.5. The van der Waals surface area contributed by atoms with Crippen molar-refractivity contribution in [1.29, 1.82) is 0 Å². The number of rotatable bonds is 5. The molecule has 9 heteroatoms. The molecular formula is C20H21N5O4. The number of hydrogen-bond donors (Lipinski definition) is 0. The number of benzene rings is 1. The predicted molar refractivity (Wildman–Crippen MR) is 108 cm³/mol. The summed E-state index contributed by atoms with van der Waals surface area (Å²) in [5.41, 5.74) is 1.15. The Hall–Kier alpha value is -3.62. The van der Waals surface area contributed by atoms with E-state index < -0.39 is 11.2 Å². The number of carbonyl (C=O) groups is 1. The van der Waals surface area contributed by atoms with E-state index in [-0.39, 0.29) is 23.5 Å². The summed E-state index contributed by atoms with van der Waals surface area (Å²) in [5.74, 6) is 1.00. The number of nitrogens with zero attached hydrogens (tertiary/aromatic N) is 5. The fourth-order valence-electron chi connectivity index (χ4n) is 3.55. The molecule has 1 aromatic carbocycles. The Bertz CT molecular complexity index is 1370. The summed E-state index contributed by atoms with van der Waals surface area (Å²) in [6.07, 6.45) is 1.80. The van der Waals surface area contributed by atoms with E-state index in [2.05, 4.69) is 4.98 Å². The van der Waals surface area contributed by atoms with Crippen LogP contribution in [-0.2, 0) is 18.4 Å². The van der Waals surface area contributed by atoms with Crippen molar-refractivity contribution in [2.45, 2.75) is 27.3 Å². The molecule has 3 aromatic heterocycles. The van der Waals surface area contributed by atoms with Gasteiger partial charge in [0.05, 0.1) is 13.2 Å². The Morgan fingerprint density at radius 1 is 1.17 bits per heavy atom. The van der Waals surface area contributed by atoms with E-state index in [4.69, 9.17) is 4.74 Å². The summed E-state index contributed by atoms with van der Waals surface area (Å²) in [7, 11) is 1.54. The lowest BCUT2D eigenvalue weighted by atomic mass is 10.3. The number of ether oxygens (including phenoxy) is 1. The number of imidazole rings is 2. The molecule has 0 fully saturated rings. The summed E-state index contributed by atoms with van der Waals surface area (Å²) in [4.78, 5) is 41.7. The normalized spacial score (nSPS) is 11.4. The van der Waals surface area contributed by atoms with E-state index in [1.165, 1.54) is 11.5 Å². The zero-order valence-electron chi connectivity index (χ0n) is 16.7. The average Bonchev–Trinajstić information content (AvgIpc) is 3.19. The molecule has 0 saturated carbocycles. The number of aryl methyl sites for hydroxylation is 2. The van der Waals surface area contributed by atoms with Crippen molar-refractivity contribution in [2.75, 3.05) is 6.61 Å². The van der Waals surface area contributed by atoms with Gasteiger partial charge >= 0.3 is 5.69 Å². The number of carbonyl (C=O) groups excluding carboxylic acids is 1. The lowest BCUT2D eigenvalue weighted by Gasteiger charge is -2.08. The van der Waals surface area contributed by atoms with E-state index in [1.807, 2.05) is 42.7 Å². The van der Waals surface area contributed by atoms with Crippen LogP contribution in [-0.4, -0.2) is 35.5 Å². The maximum absolute atomic E-state index is 13.0. The molecule has 0 aliphatic carbocycles. The number of ketones is 1. The second kappa shape index (κ2) is 6.77. The van der Waals surface area contributed by atoms with E-state index in [0.29, 0.717) is 12.4 Å². The van der Waals surface area contributed by atoms with Crippen molar-refractivity contribution in [3.05, 3.63) is 57.0 Å². The van der Waals surface area contributed by atoms with E-state index in [9.17, 15) is 14.4 Å². The minimum atomic E-state index is -0.567. The summed E-state index contributed by atoms with van der Waals surface area (Å²) in [6.45, 7) is 5.49. The number of hydrogen-bond acceptors (Lipinski definition) is 5. The summed E-state index contributed by atoms with van der Waals surface area (Å²) in [5, 5.41) is 0. The molecule has 0 bridgehead atoms. The first-order valence-electron chi connectivity index (χ1n) is 9.26. The van der Waals surface area contributed by atoms with Crippen LogP contribution in [0.5, 0.6) is 5.75 Å². The molecule has 0 N–H and O–H groups in total. The Morgan fingerprint density at radius 2 is 1.86 bits per heavy atom. The largest absolute Gasteiger partial charge is 0.494 e. The standard InChI is InChI=1S/C20H21N5O4/c1-5-29-15-8-6-14(7-9-15)25-12(2)10-23-16-17(21-19(23)25)22(4)20(28)24(18(16)27)11-13(3)26/h6-10H,5,11H2,1-4H3. The first kappa shape index (κ1) is 18.7. The molecule has 0 spiro atoms. The lowest BCUT2D eigenvalue weighted by molar-refractivity contribution is -0.117. The molecule has 150 valence electrons. The Labute approximate surface area is 165 Å². The van der Waals surface area contributed by atoms with Crippen LogP contribution in [0.3, 0.4) is 0 Å². The minimum absolute atomic E-state index is 0.260. The average molecular weight is 395 g/mol. The van der Waals surface area contributed by atoms with Gasteiger partial charge in [0.2, 0.25) is 5.78 Å². The first-order chi connectivity index (χ1) is 13.8. The van der Waals surface area contributed by atoms with Crippen LogP contribution in [0.4, 0.5) is 0 Å². The van der Waals surface area contributed by atoms with Crippen molar-refractivity contribution in [1.82, 2.24) is 23.1 Å². The van der Waals surface area contributed by atoms with Crippen LogP contribution < -0.4 is 16.0 Å². The highest BCUT2D eigenvalue weighted by Crippen LogP contribution is 2.22. The van der Waals surface area contributed by atoms with Gasteiger partial charge in [0, 0.05) is 24.6 Å². The zero-order chi connectivity index (χ0) is 20.9. The Morgan fingerprint density at radius 3 is 2.48 bits per heavy atom. The van der Waals surface area contributed by atoms with Crippen LogP contribution in [0.15, 0.2) is 40.1 Å². The number of Topliss-reactive ketones (excluding diaryl/α,β-unsaturated/α-hetero) is 1. The molecule has 0 aliphatic heterocycles. The van der Waals surface area contributed by atoms with Crippen LogP contribution in [0, 0.1) is 6.92 Å². The first-order valence-corrected chi connectivity index (χ1v) is 9.26. The summed E-state index contributed by atoms with van der Waals surface area (Å²) in [6, 6.07) is 7.55. The maximum Gasteiger partial charge on any atom is 0.332 e. The van der Waals surface area contributed by atoms with Crippen LogP contribution in [0.25, 0.3) is 22.6 Å². The molecule has 4 aromatic rings. The third-order valence-corrected chi connectivity index (χ3v) is 4.81. The highest BCUT2D eigenvalue weighted by Gasteiger charge is 2.21. The third kappa shape index (κ3) is 2.86. The van der Waals surface area contributed by atoms with Gasteiger partial charge in [0.15, 0.2) is 11.2 Å². The Kier molecular flexibility index (Phi) is 4.37. The molecule has 0 aliphatic rings. The summed E-state index contributed by atoms with van der Waals surface area (Å²) < 4.78 is 11.3. The molecular weight excluding hydrogens is 374 g/mol. The number of aromatic nitrogens is 5. The van der Waals surface area contributed by atoms with Crippen LogP contribution in [0.2, 0.25) is 0 Å². The fourth-order valence-corrected chi connectivity index (χ4v) is 3.55. The van der Waals surface area contributed by atoms with Crippen LogP contribution in [0.1, 0.15) is 19.5 Å². The minimum Gasteiger partial charge on any atom is -0.494 e. The van der Waals surface area contributed by atoms with Gasteiger partial charge in [-0.05, 0) is 45.0 Å². The van der Waals surface area contributed by atoms with Gasteiger partial charge in [0.25, 0.3) is 5.56 Å². The maximum atomic E-state index is 13.0. The van der Waals surface area contributed by atoms with Crippen molar-refractivity contribution in [3.8, 4) is 11.4 Å². The molecule has 3 heterocycles. The molecule has 4 rings (SSSR count). The molecule has 0 amide bonds. The SMILES string of the molecule is CCOc1ccc(-n2c(C)cn3c4c(=O)n(CC(C)=O)c(=O)n(C)c4nc23)cc1. The van der Waals surface area contributed by atoms with Crippen molar-refractivity contribution < 1.29 is 9.53 Å². The van der Waals surface area contributed by atoms with Gasteiger partial charge in [-0.3, -0.25) is 27.7 Å². The molecule has 0 radical (unpaired) electrons. The second-order valence-corrected chi connectivity index (χ2v) is 6.92. The van der Waals surface area contributed by atoms with E-state index in [0.717, 1.165) is 21.7 Å². The second-order valence-electron chi connectivity index (χ2n) is 6.92. The van der Waals surface area contributed by atoms with Gasteiger partial charge in [-0.1, -0.05) is 0 Å². The molecule has 29 heavy (non-hydrogen) atoms. The van der Waals surface area contributed by atoms with Gasteiger partial charge in [-0.15, -0.1) is 0 Å². The highest BCUT2D eigenvalue weighted by molar-refractivity contribution is 5.78. The van der Waals surface area contributed by atoms with E-state index >= 15 is 0 Å².